The van der Waals surface area contributed by atoms with Gasteiger partial charge in [0, 0.05) is 6.04 Å². The summed E-state index contributed by atoms with van der Waals surface area (Å²) in [5.74, 6) is 0. The van der Waals surface area contributed by atoms with Crippen LogP contribution < -0.4 is 0 Å². The van der Waals surface area contributed by atoms with Crippen molar-refractivity contribution in [1.82, 2.24) is 4.90 Å². The van der Waals surface area contributed by atoms with Gasteiger partial charge in [-0.15, -0.1) is 0 Å². The normalized spacial score (nSPS) is 29.3. The lowest BCUT2D eigenvalue weighted by molar-refractivity contribution is 0.185. The lowest BCUT2D eigenvalue weighted by Crippen LogP contribution is -2.38. The van der Waals surface area contributed by atoms with E-state index in [9.17, 15) is 0 Å². The molecule has 0 fully saturated rings. The quantitative estimate of drug-likeness (QED) is 0.522. The SMILES string of the molecule is CC1=CCC(C)(C)C1N(C)C. The van der Waals surface area contributed by atoms with Gasteiger partial charge in [-0.05, 0) is 32.9 Å². The molecule has 0 aromatic rings. The molecule has 0 saturated carbocycles. The van der Waals surface area contributed by atoms with Crippen LogP contribution in [0.3, 0.4) is 0 Å². The zero-order chi connectivity index (χ0) is 8.65. The van der Waals surface area contributed by atoms with E-state index >= 15 is 0 Å². The highest BCUT2D eigenvalue weighted by atomic mass is 15.1. The van der Waals surface area contributed by atoms with Crippen molar-refractivity contribution in [3.63, 3.8) is 0 Å². The van der Waals surface area contributed by atoms with Crippen LogP contribution in [0.25, 0.3) is 0 Å². The van der Waals surface area contributed by atoms with E-state index in [2.05, 4.69) is 45.8 Å². The Morgan fingerprint density at radius 3 is 2.18 bits per heavy atom. The van der Waals surface area contributed by atoms with E-state index < -0.39 is 0 Å². The number of nitrogens with zero attached hydrogens (tertiary/aromatic N) is 1. The monoisotopic (exact) mass is 153 g/mol. The molecule has 0 radical (unpaired) electrons. The summed E-state index contributed by atoms with van der Waals surface area (Å²) < 4.78 is 0. The molecular weight excluding hydrogens is 134 g/mol. The van der Waals surface area contributed by atoms with Gasteiger partial charge >= 0.3 is 0 Å². The third-order valence-corrected chi connectivity index (χ3v) is 2.64. The molecule has 0 aliphatic heterocycles. The van der Waals surface area contributed by atoms with Gasteiger partial charge in [0.05, 0.1) is 0 Å². The minimum Gasteiger partial charge on any atom is -0.302 e. The molecule has 0 spiro atoms. The van der Waals surface area contributed by atoms with E-state index in [1.165, 1.54) is 12.0 Å². The molecule has 1 nitrogen and oxygen atoms in total. The van der Waals surface area contributed by atoms with Gasteiger partial charge in [0.1, 0.15) is 0 Å². The van der Waals surface area contributed by atoms with Gasteiger partial charge in [-0.3, -0.25) is 0 Å². The first kappa shape index (κ1) is 8.79. The average molecular weight is 153 g/mol. The molecule has 0 bridgehead atoms. The molecule has 1 atom stereocenters. The second-order valence-corrected chi connectivity index (χ2v) is 4.51. The van der Waals surface area contributed by atoms with Crippen LogP contribution in [-0.4, -0.2) is 25.0 Å². The minimum absolute atomic E-state index is 0.438. The maximum absolute atomic E-state index is 2.37. The first-order chi connectivity index (χ1) is 4.95. The van der Waals surface area contributed by atoms with Crippen LogP contribution in [0.15, 0.2) is 11.6 Å². The molecular formula is C10H19N. The molecule has 1 aliphatic rings. The molecule has 0 heterocycles. The van der Waals surface area contributed by atoms with Crippen LogP contribution in [0.5, 0.6) is 0 Å². The number of likely N-dealkylation sites (N-methyl/N-ethyl adjacent to an activating group) is 1. The Morgan fingerprint density at radius 2 is 2.00 bits per heavy atom. The lowest BCUT2D eigenvalue weighted by Gasteiger charge is -2.34. The maximum Gasteiger partial charge on any atom is 0.0352 e. The highest BCUT2D eigenvalue weighted by Gasteiger charge is 2.35. The zero-order valence-corrected chi connectivity index (χ0v) is 8.31. The van der Waals surface area contributed by atoms with Crippen molar-refractivity contribution in [2.24, 2.45) is 5.41 Å². The van der Waals surface area contributed by atoms with Crippen molar-refractivity contribution < 1.29 is 0 Å². The number of hydrogen-bond donors (Lipinski definition) is 0. The fourth-order valence-electron chi connectivity index (χ4n) is 2.37. The zero-order valence-electron chi connectivity index (χ0n) is 8.31. The van der Waals surface area contributed by atoms with Crippen molar-refractivity contribution in [3.05, 3.63) is 11.6 Å². The molecule has 0 N–H and O–H groups in total. The first-order valence-corrected chi connectivity index (χ1v) is 4.28. The summed E-state index contributed by atoms with van der Waals surface area (Å²) in [6, 6.07) is 0.641. The molecule has 64 valence electrons. The van der Waals surface area contributed by atoms with Crippen LogP contribution in [0.1, 0.15) is 27.2 Å². The fraction of sp³-hybridized carbons (Fsp3) is 0.800. The molecule has 1 unspecified atom stereocenters. The predicted molar refractivity (Wildman–Crippen MR) is 49.6 cm³/mol. The van der Waals surface area contributed by atoms with Crippen LogP contribution >= 0.6 is 0 Å². The van der Waals surface area contributed by atoms with Gasteiger partial charge < -0.3 is 4.90 Å². The van der Waals surface area contributed by atoms with Crippen LogP contribution in [0, 0.1) is 5.41 Å². The minimum atomic E-state index is 0.438. The van der Waals surface area contributed by atoms with Crippen molar-refractivity contribution in [2.45, 2.75) is 33.2 Å². The molecule has 1 rings (SSSR count). The topological polar surface area (TPSA) is 3.24 Å². The van der Waals surface area contributed by atoms with Gasteiger partial charge in [-0.1, -0.05) is 25.5 Å². The Bertz CT molecular complexity index is 177. The first-order valence-electron chi connectivity index (χ1n) is 4.28. The van der Waals surface area contributed by atoms with Gasteiger partial charge in [-0.2, -0.15) is 0 Å². The Labute approximate surface area is 70.1 Å². The van der Waals surface area contributed by atoms with Crippen molar-refractivity contribution >= 4 is 0 Å². The van der Waals surface area contributed by atoms with E-state index in [0.29, 0.717) is 11.5 Å². The molecule has 0 aromatic heterocycles. The number of allylic oxidation sites excluding steroid dienone is 1. The number of hydrogen-bond acceptors (Lipinski definition) is 1. The Kier molecular flexibility index (Phi) is 2.10. The van der Waals surface area contributed by atoms with E-state index in [1.807, 2.05) is 0 Å². The van der Waals surface area contributed by atoms with E-state index in [4.69, 9.17) is 0 Å². The largest absolute Gasteiger partial charge is 0.302 e. The molecule has 1 aliphatic carbocycles. The second-order valence-electron chi connectivity index (χ2n) is 4.51. The Hall–Kier alpha value is -0.300. The van der Waals surface area contributed by atoms with Gasteiger partial charge in [0.2, 0.25) is 0 Å². The van der Waals surface area contributed by atoms with E-state index in [0.717, 1.165) is 0 Å². The Balaban J connectivity index is 2.81. The smallest absolute Gasteiger partial charge is 0.0352 e. The summed E-state index contributed by atoms with van der Waals surface area (Å²) in [4.78, 5) is 2.32. The van der Waals surface area contributed by atoms with Crippen molar-refractivity contribution in [2.75, 3.05) is 14.1 Å². The highest BCUT2D eigenvalue weighted by Crippen LogP contribution is 2.38. The highest BCUT2D eigenvalue weighted by molar-refractivity contribution is 5.20. The molecule has 1 heteroatoms. The van der Waals surface area contributed by atoms with Gasteiger partial charge in [0.15, 0.2) is 0 Å². The summed E-state index contributed by atoms with van der Waals surface area (Å²) in [5.41, 5.74) is 1.97. The van der Waals surface area contributed by atoms with Crippen molar-refractivity contribution in [3.8, 4) is 0 Å². The molecule has 11 heavy (non-hydrogen) atoms. The maximum atomic E-state index is 2.37. The molecule has 0 amide bonds. The summed E-state index contributed by atoms with van der Waals surface area (Å²) >= 11 is 0. The third-order valence-electron chi connectivity index (χ3n) is 2.64. The third kappa shape index (κ3) is 1.48. The van der Waals surface area contributed by atoms with Gasteiger partial charge in [0.25, 0.3) is 0 Å². The summed E-state index contributed by atoms with van der Waals surface area (Å²) in [6.45, 7) is 6.91. The van der Waals surface area contributed by atoms with Crippen molar-refractivity contribution in [1.29, 1.82) is 0 Å². The standard InChI is InChI=1S/C10H19N/c1-8-6-7-10(2,3)9(8)11(4)5/h6,9H,7H2,1-5H3. The fourth-order valence-corrected chi connectivity index (χ4v) is 2.37. The van der Waals surface area contributed by atoms with Crippen LogP contribution in [-0.2, 0) is 0 Å². The average Bonchev–Trinajstić information content (AvgIpc) is 2.06. The molecule has 0 aromatic carbocycles. The summed E-state index contributed by atoms with van der Waals surface area (Å²) in [6.07, 6.45) is 3.59. The lowest BCUT2D eigenvalue weighted by atomic mass is 9.84. The Morgan fingerprint density at radius 1 is 1.45 bits per heavy atom. The summed E-state index contributed by atoms with van der Waals surface area (Å²) in [5, 5.41) is 0. The van der Waals surface area contributed by atoms with Crippen LogP contribution in [0.4, 0.5) is 0 Å². The second kappa shape index (κ2) is 2.63. The van der Waals surface area contributed by atoms with Gasteiger partial charge in [-0.25, -0.2) is 0 Å². The van der Waals surface area contributed by atoms with Crippen LogP contribution in [0.2, 0.25) is 0 Å². The van der Waals surface area contributed by atoms with E-state index in [1.54, 1.807) is 0 Å². The van der Waals surface area contributed by atoms with E-state index in [-0.39, 0.29) is 0 Å². The number of rotatable bonds is 1. The predicted octanol–water partition coefficient (Wildman–Crippen LogP) is 2.29. The summed E-state index contributed by atoms with van der Waals surface area (Å²) in [7, 11) is 4.32. The molecule has 0 saturated heterocycles.